The highest BCUT2D eigenvalue weighted by atomic mass is 19.4. The topological polar surface area (TPSA) is 35.5 Å². The van der Waals surface area contributed by atoms with Crippen LogP contribution in [-0.4, -0.2) is 20.0 Å². The van der Waals surface area contributed by atoms with Gasteiger partial charge in [-0.05, 0) is 30.7 Å². The van der Waals surface area contributed by atoms with Crippen LogP contribution in [0.3, 0.4) is 0 Å². The monoisotopic (exact) mass is 324 g/mol. The van der Waals surface area contributed by atoms with Gasteiger partial charge in [0.25, 0.3) is 0 Å². The minimum atomic E-state index is -4.61. The molecule has 0 unspecified atom stereocenters. The van der Waals surface area contributed by atoms with E-state index in [9.17, 15) is 18.0 Å². The number of benzene rings is 2. The number of Topliss-reactive ketones (excluding diaryl/α,β-unsaturated/α-hetero) is 1. The van der Waals surface area contributed by atoms with E-state index >= 15 is 0 Å². The van der Waals surface area contributed by atoms with Crippen LogP contribution in [0.4, 0.5) is 13.2 Å². The Morgan fingerprint density at radius 2 is 1.70 bits per heavy atom. The van der Waals surface area contributed by atoms with Crippen LogP contribution < -0.4 is 9.47 Å². The Bertz CT molecular complexity index is 736. The molecule has 0 amide bonds. The van der Waals surface area contributed by atoms with Crippen molar-refractivity contribution in [2.45, 2.75) is 13.1 Å². The van der Waals surface area contributed by atoms with Gasteiger partial charge in [-0.25, -0.2) is 0 Å². The maximum Gasteiger partial charge on any atom is 0.417 e. The van der Waals surface area contributed by atoms with Crippen LogP contribution >= 0.6 is 0 Å². The maximum absolute atomic E-state index is 13.2. The lowest BCUT2D eigenvalue weighted by atomic mass is 9.96. The Balaban J connectivity index is 2.64. The number of carbonyl (C=O) groups excluding carboxylic acids is 1. The molecular weight excluding hydrogens is 309 g/mol. The van der Waals surface area contributed by atoms with E-state index in [4.69, 9.17) is 9.47 Å². The van der Waals surface area contributed by atoms with Crippen LogP contribution in [0.5, 0.6) is 11.5 Å². The third-order valence-electron chi connectivity index (χ3n) is 3.42. The number of hydrogen-bond donors (Lipinski definition) is 0. The number of carbonyl (C=O) groups is 1. The Hall–Kier alpha value is -2.50. The molecule has 0 aliphatic rings. The molecule has 0 spiro atoms. The summed E-state index contributed by atoms with van der Waals surface area (Å²) >= 11 is 0. The van der Waals surface area contributed by atoms with E-state index in [2.05, 4.69) is 0 Å². The molecule has 0 aliphatic heterocycles. The van der Waals surface area contributed by atoms with Crippen LogP contribution in [0, 0.1) is 0 Å². The molecule has 0 bridgehead atoms. The molecule has 0 fully saturated rings. The second kappa shape index (κ2) is 6.32. The highest BCUT2D eigenvalue weighted by molar-refractivity contribution is 5.96. The van der Waals surface area contributed by atoms with Crippen LogP contribution in [0.2, 0.25) is 0 Å². The summed E-state index contributed by atoms with van der Waals surface area (Å²) in [4.78, 5) is 11.4. The average molecular weight is 324 g/mol. The van der Waals surface area contributed by atoms with Crippen molar-refractivity contribution in [2.75, 3.05) is 14.2 Å². The first kappa shape index (κ1) is 16.9. The van der Waals surface area contributed by atoms with Gasteiger partial charge in [0, 0.05) is 17.2 Å². The molecule has 23 heavy (non-hydrogen) atoms. The minimum Gasteiger partial charge on any atom is -0.497 e. The molecule has 3 nitrogen and oxygen atoms in total. The van der Waals surface area contributed by atoms with Crippen LogP contribution in [0.25, 0.3) is 11.1 Å². The second-order valence-electron chi connectivity index (χ2n) is 4.88. The molecule has 0 aromatic heterocycles. The Labute approximate surface area is 131 Å². The zero-order valence-corrected chi connectivity index (χ0v) is 12.8. The average Bonchev–Trinajstić information content (AvgIpc) is 2.52. The third kappa shape index (κ3) is 3.47. The maximum atomic E-state index is 13.2. The third-order valence-corrected chi connectivity index (χ3v) is 3.42. The van der Waals surface area contributed by atoms with Crippen molar-refractivity contribution < 1.29 is 27.4 Å². The fourth-order valence-corrected chi connectivity index (χ4v) is 2.29. The molecule has 122 valence electrons. The first-order valence-corrected chi connectivity index (χ1v) is 6.72. The molecule has 0 aliphatic carbocycles. The standard InChI is InChI=1S/C17H15F3O3/c1-10(21)13-6-4-11(8-15(13)17(18,19)20)14-7-5-12(22-2)9-16(14)23-3/h4-9H,1-3H3. The molecule has 0 saturated carbocycles. The van der Waals surface area contributed by atoms with Crippen molar-refractivity contribution in [3.63, 3.8) is 0 Å². The number of rotatable bonds is 4. The lowest BCUT2D eigenvalue weighted by Gasteiger charge is -2.15. The number of methoxy groups -OCH3 is 2. The van der Waals surface area contributed by atoms with Gasteiger partial charge in [0.15, 0.2) is 5.78 Å². The van der Waals surface area contributed by atoms with Crippen molar-refractivity contribution in [1.29, 1.82) is 0 Å². The van der Waals surface area contributed by atoms with Gasteiger partial charge >= 0.3 is 6.18 Å². The normalized spacial score (nSPS) is 11.2. The fraction of sp³-hybridized carbons (Fsp3) is 0.235. The largest absolute Gasteiger partial charge is 0.497 e. The SMILES string of the molecule is COc1ccc(-c2ccc(C(C)=O)c(C(F)(F)F)c2)c(OC)c1. The zero-order valence-electron chi connectivity index (χ0n) is 12.8. The summed E-state index contributed by atoms with van der Waals surface area (Å²) in [5.74, 6) is 0.278. The van der Waals surface area contributed by atoms with E-state index in [1.54, 1.807) is 18.2 Å². The smallest absolute Gasteiger partial charge is 0.417 e. The summed E-state index contributed by atoms with van der Waals surface area (Å²) in [5, 5.41) is 0. The summed E-state index contributed by atoms with van der Waals surface area (Å²) in [5.41, 5.74) is -0.523. The molecule has 2 aromatic rings. The van der Waals surface area contributed by atoms with Gasteiger partial charge in [-0.15, -0.1) is 0 Å². The molecule has 0 saturated heterocycles. The van der Waals surface area contributed by atoms with Crippen molar-refractivity contribution >= 4 is 5.78 Å². The number of ether oxygens (including phenoxy) is 2. The van der Waals surface area contributed by atoms with E-state index in [-0.39, 0.29) is 5.56 Å². The number of ketones is 1. The highest BCUT2D eigenvalue weighted by Gasteiger charge is 2.34. The van der Waals surface area contributed by atoms with Crippen molar-refractivity contribution in [3.8, 4) is 22.6 Å². The molecule has 2 rings (SSSR count). The fourth-order valence-electron chi connectivity index (χ4n) is 2.29. The molecule has 6 heteroatoms. The number of hydrogen-bond acceptors (Lipinski definition) is 3. The predicted molar refractivity (Wildman–Crippen MR) is 80.0 cm³/mol. The predicted octanol–water partition coefficient (Wildman–Crippen LogP) is 4.59. The summed E-state index contributed by atoms with van der Waals surface area (Å²) in [6.07, 6.45) is -4.61. The first-order valence-electron chi connectivity index (χ1n) is 6.72. The van der Waals surface area contributed by atoms with E-state index in [1.807, 2.05) is 0 Å². The number of alkyl halides is 3. The van der Waals surface area contributed by atoms with Gasteiger partial charge in [-0.2, -0.15) is 13.2 Å². The molecule has 0 heterocycles. The van der Waals surface area contributed by atoms with Gasteiger partial charge in [-0.3, -0.25) is 4.79 Å². The van der Waals surface area contributed by atoms with Gasteiger partial charge in [-0.1, -0.05) is 12.1 Å². The van der Waals surface area contributed by atoms with Crippen molar-refractivity contribution in [3.05, 3.63) is 47.5 Å². The lowest BCUT2D eigenvalue weighted by Crippen LogP contribution is -2.11. The second-order valence-corrected chi connectivity index (χ2v) is 4.88. The van der Waals surface area contributed by atoms with Gasteiger partial charge < -0.3 is 9.47 Å². The minimum absolute atomic E-state index is 0.307. The summed E-state index contributed by atoms with van der Waals surface area (Å²) in [6.45, 7) is 1.11. The number of halogens is 3. The summed E-state index contributed by atoms with van der Waals surface area (Å²) in [6, 6.07) is 8.44. The van der Waals surface area contributed by atoms with Gasteiger partial charge in [0.2, 0.25) is 0 Å². The van der Waals surface area contributed by atoms with Gasteiger partial charge in [0.05, 0.1) is 19.8 Å². The lowest BCUT2D eigenvalue weighted by molar-refractivity contribution is -0.137. The molecule has 0 N–H and O–H groups in total. The van der Waals surface area contributed by atoms with Crippen LogP contribution in [-0.2, 0) is 6.18 Å². The molecule has 2 aromatic carbocycles. The van der Waals surface area contributed by atoms with Crippen LogP contribution in [0.15, 0.2) is 36.4 Å². The molecular formula is C17H15F3O3. The van der Waals surface area contributed by atoms with E-state index in [1.165, 1.54) is 26.4 Å². The van der Waals surface area contributed by atoms with E-state index < -0.39 is 17.5 Å². The Morgan fingerprint density at radius 3 is 2.22 bits per heavy atom. The quantitative estimate of drug-likeness (QED) is 0.772. The summed E-state index contributed by atoms with van der Waals surface area (Å²) < 4.78 is 49.9. The highest BCUT2D eigenvalue weighted by Crippen LogP contribution is 2.38. The van der Waals surface area contributed by atoms with Gasteiger partial charge in [0.1, 0.15) is 11.5 Å². The Kier molecular flexibility index (Phi) is 4.63. The first-order chi connectivity index (χ1) is 10.8. The van der Waals surface area contributed by atoms with E-state index in [0.717, 1.165) is 13.0 Å². The molecule has 0 atom stereocenters. The molecule has 0 radical (unpaired) electrons. The van der Waals surface area contributed by atoms with Crippen LogP contribution in [0.1, 0.15) is 22.8 Å². The van der Waals surface area contributed by atoms with Crippen molar-refractivity contribution in [1.82, 2.24) is 0 Å². The van der Waals surface area contributed by atoms with Crippen molar-refractivity contribution in [2.24, 2.45) is 0 Å². The summed E-state index contributed by atoms with van der Waals surface area (Å²) in [7, 11) is 2.91. The van der Waals surface area contributed by atoms with E-state index in [0.29, 0.717) is 22.6 Å². The Morgan fingerprint density at radius 1 is 1.00 bits per heavy atom. The zero-order chi connectivity index (χ0) is 17.2.